The van der Waals surface area contributed by atoms with E-state index >= 15 is 0 Å². The monoisotopic (exact) mass is 256 g/mol. The van der Waals surface area contributed by atoms with Crippen molar-refractivity contribution in [1.82, 2.24) is 5.32 Å². The Kier molecular flexibility index (Phi) is 4.68. The summed E-state index contributed by atoms with van der Waals surface area (Å²) in [6, 6.07) is 1.27. The van der Waals surface area contributed by atoms with Crippen LogP contribution in [0, 0.1) is 5.41 Å². The van der Waals surface area contributed by atoms with Gasteiger partial charge in [0.2, 0.25) is 5.91 Å². The summed E-state index contributed by atoms with van der Waals surface area (Å²) >= 11 is 1.52. The molecule has 0 saturated heterocycles. The van der Waals surface area contributed by atoms with Gasteiger partial charge in [0.05, 0.1) is 12.1 Å². The number of nitrogens with two attached hydrogens (primary N) is 1. The molecule has 2 atom stereocenters. The molecule has 0 aromatic carbocycles. The summed E-state index contributed by atoms with van der Waals surface area (Å²) in [6.45, 7) is 5.92. The van der Waals surface area contributed by atoms with Crippen LogP contribution < -0.4 is 11.1 Å². The van der Waals surface area contributed by atoms with Gasteiger partial charge in [0.15, 0.2) is 0 Å². The fourth-order valence-corrected chi connectivity index (χ4v) is 1.99. The van der Waals surface area contributed by atoms with Crippen molar-refractivity contribution < 1.29 is 9.90 Å². The summed E-state index contributed by atoms with van der Waals surface area (Å²) in [5.74, 6) is -0.230. The van der Waals surface area contributed by atoms with Gasteiger partial charge in [-0.1, -0.05) is 20.8 Å². The van der Waals surface area contributed by atoms with Gasteiger partial charge in [0.25, 0.3) is 0 Å². The van der Waals surface area contributed by atoms with E-state index in [1.165, 1.54) is 11.3 Å². The van der Waals surface area contributed by atoms with E-state index in [2.05, 4.69) is 5.32 Å². The van der Waals surface area contributed by atoms with E-state index in [1.54, 1.807) is 0 Å². The second-order valence-corrected chi connectivity index (χ2v) is 5.94. The molecule has 17 heavy (non-hydrogen) atoms. The van der Waals surface area contributed by atoms with Crippen LogP contribution in [0.25, 0.3) is 0 Å². The van der Waals surface area contributed by atoms with Gasteiger partial charge < -0.3 is 16.2 Å². The van der Waals surface area contributed by atoms with Gasteiger partial charge in [0.1, 0.15) is 0 Å². The zero-order valence-electron chi connectivity index (χ0n) is 10.4. The highest BCUT2D eigenvalue weighted by atomic mass is 32.1. The van der Waals surface area contributed by atoms with E-state index in [0.717, 1.165) is 5.56 Å². The van der Waals surface area contributed by atoms with Crippen molar-refractivity contribution in [2.24, 2.45) is 11.1 Å². The lowest BCUT2D eigenvalue weighted by atomic mass is 9.87. The molecule has 0 aliphatic carbocycles. The molecular weight excluding hydrogens is 236 g/mol. The second-order valence-electron chi connectivity index (χ2n) is 5.16. The first kappa shape index (κ1) is 14.2. The van der Waals surface area contributed by atoms with Crippen LogP contribution in [0.4, 0.5) is 0 Å². The molecule has 1 aromatic rings. The van der Waals surface area contributed by atoms with Crippen LogP contribution >= 0.6 is 11.3 Å². The quantitative estimate of drug-likeness (QED) is 0.759. The Morgan fingerprint density at radius 1 is 1.59 bits per heavy atom. The number of rotatable bonds is 4. The lowest BCUT2D eigenvalue weighted by Gasteiger charge is -2.26. The average Bonchev–Trinajstić information content (AvgIpc) is 2.76. The van der Waals surface area contributed by atoms with Crippen molar-refractivity contribution >= 4 is 17.2 Å². The topological polar surface area (TPSA) is 75.4 Å². The summed E-state index contributed by atoms with van der Waals surface area (Å²) in [4.78, 5) is 11.7. The van der Waals surface area contributed by atoms with Crippen LogP contribution in [0.2, 0.25) is 0 Å². The van der Waals surface area contributed by atoms with E-state index in [-0.39, 0.29) is 17.9 Å². The Balaban J connectivity index is 2.44. The van der Waals surface area contributed by atoms with E-state index in [4.69, 9.17) is 5.73 Å². The third-order valence-corrected chi connectivity index (χ3v) is 3.31. The van der Waals surface area contributed by atoms with Crippen LogP contribution in [0.3, 0.4) is 0 Å². The second kappa shape index (κ2) is 5.62. The van der Waals surface area contributed by atoms with Gasteiger partial charge in [-0.2, -0.15) is 11.3 Å². The lowest BCUT2D eigenvalue weighted by Crippen LogP contribution is -2.49. The first-order valence-electron chi connectivity index (χ1n) is 5.56. The largest absolute Gasteiger partial charge is 0.387 e. The number of hydrogen-bond donors (Lipinski definition) is 3. The van der Waals surface area contributed by atoms with Crippen LogP contribution in [-0.4, -0.2) is 23.6 Å². The summed E-state index contributed by atoms with van der Waals surface area (Å²) < 4.78 is 0. The number of aliphatic hydroxyl groups excluding tert-OH is 1. The minimum Gasteiger partial charge on any atom is -0.387 e. The maximum absolute atomic E-state index is 11.7. The molecule has 0 aliphatic rings. The third kappa shape index (κ3) is 4.11. The average molecular weight is 256 g/mol. The van der Waals surface area contributed by atoms with Crippen molar-refractivity contribution in [3.63, 3.8) is 0 Å². The molecule has 1 amide bonds. The minimum atomic E-state index is -0.669. The molecule has 96 valence electrons. The van der Waals surface area contributed by atoms with E-state index < -0.39 is 12.1 Å². The molecule has 1 heterocycles. The zero-order chi connectivity index (χ0) is 13.1. The van der Waals surface area contributed by atoms with Gasteiger partial charge in [0, 0.05) is 6.54 Å². The Morgan fingerprint density at radius 3 is 2.71 bits per heavy atom. The highest BCUT2D eigenvalue weighted by molar-refractivity contribution is 7.07. The Morgan fingerprint density at radius 2 is 2.24 bits per heavy atom. The van der Waals surface area contributed by atoms with E-state index in [0.29, 0.717) is 0 Å². The number of carbonyl (C=O) groups excluding carboxylic acids is 1. The first-order chi connectivity index (χ1) is 7.82. The molecule has 0 aliphatic heterocycles. The Labute approximate surface area is 106 Å². The fourth-order valence-electron chi connectivity index (χ4n) is 1.28. The molecule has 0 saturated carbocycles. The van der Waals surface area contributed by atoms with Crippen LogP contribution in [-0.2, 0) is 4.79 Å². The molecule has 0 fully saturated rings. The molecular formula is C12H20N2O2S. The number of carbonyl (C=O) groups is 1. The Bertz CT molecular complexity index is 357. The summed E-state index contributed by atoms with van der Waals surface area (Å²) in [5, 5.41) is 16.2. The summed E-state index contributed by atoms with van der Waals surface area (Å²) in [6.07, 6.45) is -0.669. The number of hydrogen-bond acceptors (Lipinski definition) is 4. The van der Waals surface area contributed by atoms with Crippen molar-refractivity contribution in [2.75, 3.05) is 6.54 Å². The van der Waals surface area contributed by atoms with E-state index in [9.17, 15) is 9.90 Å². The van der Waals surface area contributed by atoms with Crippen molar-refractivity contribution in [1.29, 1.82) is 0 Å². The molecule has 0 bridgehead atoms. The SMILES string of the molecule is CC(C)(C)[C@@H](N)C(=O)NCC(O)c1ccsc1. The molecule has 1 unspecified atom stereocenters. The highest BCUT2D eigenvalue weighted by Crippen LogP contribution is 2.18. The molecule has 5 heteroatoms. The number of nitrogens with one attached hydrogen (secondary N) is 1. The summed E-state index contributed by atoms with van der Waals surface area (Å²) in [5.41, 5.74) is 6.35. The first-order valence-corrected chi connectivity index (χ1v) is 6.50. The predicted molar refractivity (Wildman–Crippen MR) is 69.7 cm³/mol. The molecule has 0 spiro atoms. The standard InChI is InChI=1S/C12H20N2O2S/c1-12(2,3)10(13)11(16)14-6-9(15)8-4-5-17-7-8/h4-5,7,9-10,15H,6,13H2,1-3H3,(H,14,16)/t9?,10-/m0/s1. The number of aliphatic hydroxyl groups is 1. The lowest BCUT2D eigenvalue weighted by molar-refractivity contribution is -0.125. The molecule has 1 aromatic heterocycles. The van der Waals surface area contributed by atoms with Crippen molar-refractivity contribution in [3.8, 4) is 0 Å². The van der Waals surface area contributed by atoms with Crippen molar-refractivity contribution in [2.45, 2.75) is 32.9 Å². The third-order valence-electron chi connectivity index (χ3n) is 2.61. The molecule has 0 radical (unpaired) electrons. The Hall–Kier alpha value is -0.910. The normalized spacial score (nSPS) is 15.4. The van der Waals surface area contributed by atoms with Crippen molar-refractivity contribution in [3.05, 3.63) is 22.4 Å². The van der Waals surface area contributed by atoms with Crippen LogP contribution in [0.5, 0.6) is 0 Å². The van der Waals surface area contributed by atoms with Crippen LogP contribution in [0.1, 0.15) is 32.4 Å². The van der Waals surface area contributed by atoms with Gasteiger partial charge in [-0.3, -0.25) is 4.79 Å². The van der Waals surface area contributed by atoms with Gasteiger partial charge in [-0.25, -0.2) is 0 Å². The fraction of sp³-hybridized carbons (Fsp3) is 0.583. The van der Waals surface area contributed by atoms with Gasteiger partial charge in [-0.15, -0.1) is 0 Å². The van der Waals surface area contributed by atoms with E-state index in [1.807, 2.05) is 37.6 Å². The van der Waals surface area contributed by atoms with Gasteiger partial charge in [-0.05, 0) is 27.8 Å². The van der Waals surface area contributed by atoms with Gasteiger partial charge >= 0.3 is 0 Å². The predicted octanol–water partition coefficient (Wildman–Crippen LogP) is 1.27. The molecule has 4 nitrogen and oxygen atoms in total. The highest BCUT2D eigenvalue weighted by Gasteiger charge is 2.27. The zero-order valence-corrected chi connectivity index (χ0v) is 11.3. The van der Waals surface area contributed by atoms with Crippen LogP contribution in [0.15, 0.2) is 16.8 Å². The molecule has 4 N–H and O–H groups in total. The molecule has 1 rings (SSSR count). The maximum atomic E-state index is 11.7. The summed E-state index contributed by atoms with van der Waals surface area (Å²) in [7, 11) is 0. The minimum absolute atomic E-state index is 0.194. The smallest absolute Gasteiger partial charge is 0.237 e. The number of thiophene rings is 1. The number of amides is 1. The maximum Gasteiger partial charge on any atom is 0.237 e.